The van der Waals surface area contributed by atoms with Crippen LogP contribution in [0.4, 0.5) is 5.69 Å². The van der Waals surface area contributed by atoms with Crippen LogP contribution in [0.1, 0.15) is 30.6 Å². The molecule has 0 radical (unpaired) electrons. The predicted molar refractivity (Wildman–Crippen MR) is 101 cm³/mol. The number of methoxy groups -OCH3 is 2. The third kappa shape index (κ3) is 5.50. The van der Waals surface area contributed by atoms with E-state index in [2.05, 4.69) is 5.32 Å². The number of ether oxygens (including phenoxy) is 3. The van der Waals surface area contributed by atoms with Crippen LogP contribution in [0, 0.1) is 0 Å². The zero-order chi connectivity index (χ0) is 19.7. The van der Waals surface area contributed by atoms with Crippen molar-refractivity contribution in [2.75, 3.05) is 51.1 Å². The summed E-state index contributed by atoms with van der Waals surface area (Å²) in [5.74, 6) is 0.204. The summed E-state index contributed by atoms with van der Waals surface area (Å²) in [6, 6.07) is 2.97. The molecule has 1 aromatic rings. The van der Waals surface area contributed by atoms with E-state index >= 15 is 0 Å². The summed E-state index contributed by atoms with van der Waals surface area (Å²) in [5.41, 5.74) is 0.422. The fourth-order valence-electron chi connectivity index (χ4n) is 2.27. The summed E-state index contributed by atoms with van der Waals surface area (Å²) in [4.78, 5) is 12.6. The van der Waals surface area contributed by atoms with E-state index in [1.54, 1.807) is 6.92 Å². The van der Waals surface area contributed by atoms with Crippen molar-refractivity contribution < 1.29 is 27.4 Å². The number of anilines is 1. The van der Waals surface area contributed by atoms with Crippen molar-refractivity contribution in [1.29, 1.82) is 0 Å². The Kier molecular flexibility index (Phi) is 8.67. The molecule has 1 rings (SSSR count). The van der Waals surface area contributed by atoms with Gasteiger partial charge in [0.2, 0.25) is 10.0 Å². The van der Waals surface area contributed by atoms with Crippen molar-refractivity contribution in [3.05, 3.63) is 17.7 Å². The Bertz CT molecular complexity index is 705. The normalized spacial score (nSPS) is 11.1. The molecule has 0 saturated carbocycles. The molecule has 0 atom stereocenters. The molecule has 0 heterocycles. The number of carbonyl (C=O) groups is 1. The number of hydrogen-bond donors (Lipinski definition) is 1. The fraction of sp³-hybridized carbons (Fsp3) is 0.588. The highest BCUT2D eigenvalue weighted by atomic mass is 32.2. The van der Waals surface area contributed by atoms with Crippen LogP contribution in [0.15, 0.2) is 12.1 Å². The number of nitrogens with zero attached hydrogens (tertiary/aromatic N) is 1. The standard InChI is InChI=1S/C17H28N2O6S/c1-6-25-10-8-9-18-17(20)13-11-15(23-4)16(24-5)12-14(13)19(3)26(21,22)7-2/h11-12H,6-10H2,1-5H3,(H,18,20). The molecule has 0 aliphatic carbocycles. The lowest BCUT2D eigenvalue weighted by Gasteiger charge is -2.23. The van der Waals surface area contributed by atoms with Crippen LogP contribution in [0.2, 0.25) is 0 Å². The quantitative estimate of drug-likeness (QED) is 0.579. The first-order chi connectivity index (χ1) is 12.3. The molecule has 8 nitrogen and oxygen atoms in total. The van der Waals surface area contributed by atoms with Crippen molar-refractivity contribution in [2.24, 2.45) is 0 Å². The lowest BCUT2D eigenvalue weighted by atomic mass is 10.1. The van der Waals surface area contributed by atoms with Crippen molar-refractivity contribution in [3.63, 3.8) is 0 Å². The van der Waals surface area contributed by atoms with Gasteiger partial charge in [0.05, 0.1) is 31.2 Å². The van der Waals surface area contributed by atoms with E-state index in [9.17, 15) is 13.2 Å². The second-order valence-electron chi connectivity index (χ2n) is 5.40. The first kappa shape index (κ1) is 22.0. The topological polar surface area (TPSA) is 94.2 Å². The highest BCUT2D eigenvalue weighted by Crippen LogP contribution is 2.35. The molecule has 0 bridgehead atoms. The van der Waals surface area contributed by atoms with E-state index in [0.717, 1.165) is 4.31 Å². The summed E-state index contributed by atoms with van der Waals surface area (Å²) in [6.07, 6.45) is 0.658. The fourth-order valence-corrected chi connectivity index (χ4v) is 3.11. The number of amides is 1. The summed E-state index contributed by atoms with van der Waals surface area (Å²) in [7, 11) is 0.761. The van der Waals surface area contributed by atoms with Gasteiger partial charge in [0.15, 0.2) is 11.5 Å². The minimum Gasteiger partial charge on any atom is -0.493 e. The van der Waals surface area contributed by atoms with E-state index in [1.165, 1.54) is 33.4 Å². The van der Waals surface area contributed by atoms with Crippen LogP contribution >= 0.6 is 0 Å². The van der Waals surface area contributed by atoms with Gasteiger partial charge < -0.3 is 19.5 Å². The molecule has 148 valence electrons. The van der Waals surface area contributed by atoms with Gasteiger partial charge in [0.25, 0.3) is 5.91 Å². The lowest BCUT2D eigenvalue weighted by molar-refractivity contribution is 0.0944. The van der Waals surface area contributed by atoms with Crippen molar-refractivity contribution in [1.82, 2.24) is 5.32 Å². The number of nitrogens with one attached hydrogen (secondary N) is 1. The molecule has 0 saturated heterocycles. The Hall–Kier alpha value is -2.00. The van der Waals surface area contributed by atoms with Gasteiger partial charge >= 0.3 is 0 Å². The maximum Gasteiger partial charge on any atom is 0.253 e. The van der Waals surface area contributed by atoms with Gasteiger partial charge in [-0.2, -0.15) is 0 Å². The van der Waals surface area contributed by atoms with Crippen molar-refractivity contribution >= 4 is 21.6 Å². The monoisotopic (exact) mass is 388 g/mol. The number of hydrogen-bond acceptors (Lipinski definition) is 6. The highest BCUT2D eigenvalue weighted by molar-refractivity contribution is 7.92. The Morgan fingerprint density at radius 2 is 1.77 bits per heavy atom. The molecule has 0 unspecified atom stereocenters. The van der Waals surface area contributed by atoms with E-state index in [4.69, 9.17) is 14.2 Å². The minimum atomic E-state index is -3.55. The zero-order valence-corrected chi connectivity index (χ0v) is 16.8. The zero-order valence-electron chi connectivity index (χ0n) is 16.0. The third-order valence-electron chi connectivity index (χ3n) is 3.82. The van der Waals surface area contributed by atoms with Gasteiger partial charge in [-0.15, -0.1) is 0 Å². The Morgan fingerprint density at radius 3 is 2.31 bits per heavy atom. The summed E-state index contributed by atoms with van der Waals surface area (Å²) in [5, 5.41) is 2.77. The van der Waals surface area contributed by atoms with E-state index in [-0.39, 0.29) is 17.0 Å². The van der Waals surface area contributed by atoms with Crippen molar-refractivity contribution in [3.8, 4) is 11.5 Å². The molecule has 0 aliphatic heterocycles. The average Bonchev–Trinajstić information content (AvgIpc) is 2.65. The van der Waals surface area contributed by atoms with Crippen LogP contribution in [-0.2, 0) is 14.8 Å². The maximum atomic E-state index is 12.6. The van der Waals surface area contributed by atoms with Crippen LogP contribution < -0.4 is 19.1 Å². The molecule has 1 aromatic carbocycles. The smallest absolute Gasteiger partial charge is 0.253 e. The molecule has 0 aliphatic rings. The number of rotatable bonds is 11. The van der Waals surface area contributed by atoms with Gasteiger partial charge in [-0.25, -0.2) is 8.42 Å². The van der Waals surface area contributed by atoms with Crippen LogP contribution in [-0.4, -0.2) is 61.1 Å². The van der Waals surface area contributed by atoms with Gasteiger partial charge in [-0.1, -0.05) is 0 Å². The Labute approximate surface area is 155 Å². The van der Waals surface area contributed by atoms with Gasteiger partial charge in [0, 0.05) is 32.9 Å². The molecular weight excluding hydrogens is 360 g/mol. The first-order valence-corrected chi connectivity index (χ1v) is 10.0. The lowest BCUT2D eigenvalue weighted by Crippen LogP contribution is -2.32. The largest absolute Gasteiger partial charge is 0.493 e. The molecule has 1 amide bonds. The Morgan fingerprint density at radius 1 is 1.15 bits per heavy atom. The molecule has 0 fully saturated rings. The molecular formula is C17H28N2O6S. The average molecular weight is 388 g/mol. The summed E-state index contributed by atoms with van der Waals surface area (Å²) < 4.78 is 41.3. The highest BCUT2D eigenvalue weighted by Gasteiger charge is 2.24. The molecule has 26 heavy (non-hydrogen) atoms. The van der Waals surface area contributed by atoms with Gasteiger partial charge in [0.1, 0.15) is 0 Å². The van der Waals surface area contributed by atoms with Crippen LogP contribution in [0.25, 0.3) is 0 Å². The molecule has 9 heteroatoms. The SMILES string of the molecule is CCOCCCNC(=O)c1cc(OC)c(OC)cc1N(C)S(=O)(=O)CC. The molecule has 0 aromatic heterocycles. The second-order valence-corrected chi connectivity index (χ2v) is 7.69. The number of carbonyl (C=O) groups excluding carboxylic acids is 1. The predicted octanol–water partition coefficient (Wildman–Crippen LogP) is 1.65. The second kappa shape index (κ2) is 10.2. The number of benzene rings is 1. The Balaban J connectivity index is 3.20. The maximum absolute atomic E-state index is 12.6. The molecule has 0 spiro atoms. The number of sulfonamides is 1. The van der Waals surface area contributed by atoms with E-state index < -0.39 is 15.9 Å². The van der Waals surface area contributed by atoms with E-state index in [0.29, 0.717) is 37.7 Å². The van der Waals surface area contributed by atoms with E-state index in [1.807, 2.05) is 6.92 Å². The molecule has 1 N–H and O–H groups in total. The van der Waals surface area contributed by atoms with Crippen LogP contribution in [0.3, 0.4) is 0 Å². The van der Waals surface area contributed by atoms with Gasteiger partial charge in [-0.05, 0) is 26.3 Å². The van der Waals surface area contributed by atoms with Crippen LogP contribution in [0.5, 0.6) is 11.5 Å². The van der Waals surface area contributed by atoms with Crippen molar-refractivity contribution in [2.45, 2.75) is 20.3 Å². The first-order valence-electron chi connectivity index (χ1n) is 8.40. The minimum absolute atomic E-state index is 0.0900. The summed E-state index contributed by atoms with van der Waals surface area (Å²) >= 11 is 0. The third-order valence-corrected chi connectivity index (χ3v) is 5.58. The van der Waals surface area contributed by atoms with Gasteiger partial charge in [-0.3, -0.25) is 9.10 Å². The summed E-state index contributed by atoms with van der Waals surface area (Å²) in [6.45, 7) is 5.02.